The molecule has 2 rings (SSSR count). The third-order valence-corrected chi connectivity index (χ3v) is 3.92. The smallest absolute Gasteiger partial charge is 0.374 e. The van der Waals surface area contributed by atoms with E-state index >= 15 is 0 Å². The average Bonchev–Trinajstić information content (AvgIpc) is 2.59. The Bertz CT molecular complexity index is 877. The van der Waals surface area contributed by atoms with Gasteiger partial charge in [0.1, 0.15) is 0 Å². The standard InChI is InChI=1S/C16H9F8NO3/c17-14(18,19)10-6-4-9(5-7-10)13(26,15(20,21)16(22,23)24)11-2-1-3-12(8-11)25(27)28/h1-8,26H. The zero-order valence-electron chi connectivity index (χ0n) is 13.4. The fraction of sp³-hybridized carbons (Fsp3) is 0.250. The van der Waals surface area contributed by atoms with E-state index in [4.69, 9.17) is 0 Å². The fourth-order valence-electron chi connectivity index (χ4n) is 2.48. The van der Waals surface area contributed by atoms with E-state index in [1.807, 2.05) is 0 Å². The molecule has 2 aromatic rings. The van der Waals surface area contributed by atoms with Gasteiger partial charge in [-0.1, -0.05) is 24.3 Å². The van der Waals surface area contributed by atoms with Crippen LogP contribution in [-0.4, -0.2) is 22.1 Å². The van der Waals surface area contributed by atoms with E-state index in [-0.39, 0.29) is 30.3 Å². The Morgan fingerprint density at radius 1 is 0.786 bits per heavy atom. The summed E-state index contributed by atoms with van der Waals surface area (Å²) >= 11 is 0. The van der Waals surface area contributed by atoms with Crippen LogP contribution in [0.2, 0.25) is 0 Å². The number of nitrogens with zero attached hydrogens (tertiary/aromatic N) is 1. The molecule has 0 radical (unpaired) electrons. The maximum atomic E-state index is 14.3. The number of halogens is 8. The summed E-state index contributed by atoms with van der Waals surface area (Å²) < 4.78 is 105. The van der Waals surface area contributed by atoms with Crippen molar-refractivity contribution in [3.8, 4) is 0 Å². The van der Waals surface area contributed by atoms with Gasteiger partial charge >= 0.3 is 18.3 Å². The molecule has 0 aromatic heterocycles. The van der Waals surface area contributed by atoms with E-state index < -0.39 is 51.2 Å². The van der Waals surface area contributed by atoms with Gasteiger partial charge in [-0.3, -0.25) is 10.1 Å². The van der Waals surface area contributed by atoms with Crippen LogP contribution in [0.3, 0.4) is 0 Å². The highest BCUT2D eigenvalue weighted by Crippen LogP contribution is 2.52. The maximum absolute atomic E-state index is 14.3. The highest BCUT2D eigenvalue weighted by Gasteiger charge is 2.71. The number of hydrogen-bond acceptors (Lipinski definition) is 3. The summed E-state index contributed by atoms with van der Waals surface area (Å²) in [5.74, 6) is -5.89. The number of nitro benzene ring substituents is 1. The molecule has 0 fully saturated rings. The minimum absolute atomic E-state index is 0.212. The van der Waals surface area contributed by atoms with E-state index in [2.05, 4.69) is 0 Å². The van der Waals surface area contributed by atoms with Crippen molar-refractivity contribution in [1.29, 1.82) is 0 Å². The highest BCUT2D eigenvalue weighted by molar-refractivity contribution is 5.45. The van der Waals surface area contributed by atoms with Crippen LogP contribution in [0.4, 0.5) is 40.8 Å². The number of hydrogen-bond donors (Lipinski definition) is 1. The zero-order chi connectivity index (χ0) is 21.5. The van der Waals surface area contributed by atoms with E-state index in [1.165, 1.54) is 0 Å². The maximum Gasteiger partial charge on any atom is 0.457 e. The van der Waals surface area contributed by atoms with Crippen molar-refractivity contribution in [1.82, 2.24) is 0 Å². The van der Waals surface area contributed by atoms with Crippen molar-refractivity contribution in [2.75, 3.05) is 0 Å². The topological polar surface area (TPSA) is 63.4 Å². The van der Waals surface area contributed by atoms with Gasteiger partial charge in [-0.15, -0.1) is 0 Å². The number of benzene rings is 2. The largest absolute Gasteiger partial charge is 0.457 e. The number of aliphatic hydroxyl groups is 1. The molecule has 0 saturated heterocycles. The monoisotopic (exact) mass is 415 g/mol. The summed E-state index contributed by atoms with van der Waals surface area (Å²) in [6.07, 6.45) is -11.2. The Kier molecular flexibility index (Phi) is 5.15. The van der Waals surface area contributed by atoms with Crippen molar-refractivity contribution in [2.45, 2.75) is 23.9 Å². The van der Waals surface area contributed by atoms with Gasteiger partial charge in [0.05, 0.1) is 10.5 Å². The molecule has 28 heavy (non-hydrogen) atoms. The van der Waals surface area contributed by atoms with E-state index in [1.54, 1.807) is 0 Å². The van der Waals surface area contributed by atoms with Gasteiger partial charge in [-0.25, -0.2) is 0 Å². The van der Waals surface area contributed by atoms with Gasteiger partial charge in [0, 0.05) is 17.7 Å². The normalized spacial score (nSPS) is 15.2. The quantitative estimate of drug-likeness (QED) is 0.432. The molecule has 0 bridgehead atoms. The minimum Gasteiger partial charge on any atom is -0.374 e. The Balaban J connectivity index is 2.77. The molecule has 0 aliphatic carbocycles. The van der Waals surface area contributed by atoms with Crippen LogP contribution in [-0.2, 0) is 11.8 Å². The summed E-state index contributed by atoms with van der Waals surface area (Å²) in [5.41, 5.74) is -8.93. The van der Waals surface area contributed by atoms with Gasteiger partial charge in [0.25, 0.3) is 5.69 Å². The Morgan fingerprint density at radius 2 is 1.29 bits per heavy atom. The van der Waals surface area contributed by atoms with Gasteiger partial charge in [0.15, 0.2) is 5.60 Å². The van der Waals surface area contributed by atoms with Crippen LogP contribution in [0.1, 0.15) is 16.7 Å². The molecule has 2 aromatic carbocycles. The molecule has 152 valence electrons. The second-order valence-electron chi connectivity index (χ2n) is 5.67. The highest BCUT2D eigenvalue weighted by atomic mass is 19.4. The van der Waals surface area contributed by atoms with Crippen molar-refractivity contribution < 1.29 is 45.2 Å². The first kappa shape index (κ1) is 21.5. The Morgan fingerprint density at radius 3 is 1.71 bits per heavy atom. The molecule has 1 unspecified atom stereocenters. The number of alkyl halides is 8. The van der Waals surface area contributed by atoms with Crippen molar-refractivity contribution in [3.63, 3.8) is 0 Å². The number of non-ortho nitro benzene ring substituents is 1. The van der Waals surface area contributed by atoms with Crippen LogP contribution >= 0.6 is 0 Å². The summed E-state index contributed by atoms with van der Waals surface area (Å²) in [7, 11) is 0. The van der Waals surface area contributed by atoms with E-state index in [9.17, 15) is 50.3 Å². The van der Waals surface area contributed by atoms with Crippen LogP contribution in [0, 0.1) is 10.1 Å². The molecular weight excluding hydrogens is 406 g/mol. The first-order chi connectivity index (χ1) is 12.6. The average molecular weight is 415 g/mol. The molecule has 0 aliphatic rings. The van der Waals surface area contributed by atoms with Gasteiger partial charge in [-0.05, 0) is 17.7 Å². The lowest BCUT2D eigenvalue weighted by atomic mass is 9.80. The second kappa shape index (κ2) is 6.69. The molecule has 0 saturated carbocycles. The predicted octanol–water partition coefficient (Wildman–Crippen LogP) is 5.05. The molecule has 1 N–H and O–H groups in total. The van der Waals surface area contributed by atoms with Gasteiger partial charge < -0.3 is 5.11 Å². The van der Waals surface area contributed by atoms with Crippen molar-refractivity contribution in [2.24, 2.45) is 0 Å². The lowest BCUT2D eigenvalue weighted by molar-refractivity contribution is -0.385. The minimum atomic E-state index is -6.32. The van der Waals surface area contributed by atoms with Gasteiger partial charge in [-0.2, -0.15) is 35.1 Å². The molecule has 1 atom stereocenters. The summed E-state index contributed by atoms with van der Waals surface area (Å²) in [6, 6.07) is 3.33. The fourth-order valence-corrected chi connectivity index (χ4v) is 2.48. The summed E-state index contributed by atoms with van der Waals surface area (Å²) in [6.45, 7) is 0. The first-order valence-corrected chi connectivity index (χ1v) is 7.22. The predicted molar refractivity (Wildman–Crippen MR) is 78.5 cm³/mol. The molecular formula is C16H9F8NO3. The lowest BCUT2D eigenvalue weighted by Gasteiger charge is -2.37. The zero-order valence-corrected chi connectivity index (χ0v) is 13.4. The summed E-state index contributed by atoms with van der Waals surface area (Å²) in [4.78, 5) is 9.71. The molecule has 0 heterocycles. The number of nitro groups is 1. The third kappa shape index (κ3) is 3.51. The van der Waals surface area contributed by atoms with Crippen LogP contribution in [0.5, 0.6) is 0 Å². The van der Waals surface area contributed by atoms with Crippen LogP contribution < -0.4 is 0 Å². The SMILES string of the molecule is O=[N+]([O-])c1cccc(C(O)(c2ccc(C(F)(F)F)cc2)C(F)(F)C(F)(F)F)c1. The summed E-state index contributed by atoms with van der Waals surface area (Å²) in [5, 5.41) is 21.3. The molecule has 0 spiro atoms. The lowest BCUT2D eigenvalue weighted by Crippen LogP contribution is -2.55. The first-order valence-electron chi connectivity index (χ1n) is 7.22. The second-order valence-corrected chi connectivity index (χ2v) is 5.67. The van der Waals surface area contributed by atoms with Crippen molar-refractivity contribution >= 4 is 5.69 Å². The molecule has 4 nitrogen and oxygen atoms in total. The molecule has 0 aliphatic heterocycles. The molecule has 12 heteroatoms. The van der Waals surface area contributed by atoms with Crippen LogP contribution in [0.25, 0.3) is 0 Å². The van der Waals surface area contributed by atoms with Gasteiger partial charge in [0.2, 0.25) is 0 Å². The van der Waals surface area contributed by atoms with E-state index in [0.29, 0.717) is 6.07 Å². The Labute approximate surface area is 151 Å². The Hall–Kier alpha value is -2.76. The molecule has 0 amide bonds. The van der Waals surface area contributed by atoms with Crippen molar-refractivity contribution in [3.05, 3.63) is 75.3 Å². The van der Waals surface area contributed by atoms with Crippen LogP contribution in [0.15, 0.2) is 48.5 Å². The van der Waals surface area contributed by atoms with E-state index in [0.717, 1.165) is 12.1 Å². The third-order valence-electron chi connectivity index (χ3n) is 3.92. The number of rotatable bonds is 4.